The molecule has 0 aliphatic carbocycles. The van der Waals surface area contributed by atoms with Crippen LogP contribution in [0.1, 0.15) is 12.6 Å². The molecule has 1 aromatic heterocycles. The molecule has 0 aromatic carbocycles. The summed E-state index contributed by atoms with van der Waals surface area (Å²) >= 11 is 0. The molecular formula is C10H18N4O. The number of nitrogens with two attached hydrogens (primary N) is 1. The quantitative estimate of drug-likeness (QED) is 0.762. The highest BCUT2D eigenvalue weighted by atomic mass is 16.5. The van der Waals surface area contributed by atoms with E-state index in [1.165, 1.54) is 0 Å². The Bertz CT molecular complexity index is 305. The van der Waals surface area contributed by atoms with E-state index in [4.69, 9.17) is 10.5 Å². The van der Waals surface area contributed by atoms with Gasteiger partial charge in [-0.15, -0.1) is 0 Å². The van der Waals surface area contributed by atoms with Gasteiger partial charge in [-0.05, 0) is 6.92 Å². The van der Waals surface area contributed by atoms with Gasteiger partial charge < -0.3 is 15.4 Å². The maximum atomic E-state index is 5.51. The Kier molecular flexibility index (Phi) is 4.45. The third-order valence-electron chi connectivity index (χ3n) is 2.31. The number of ether oxygens (including phenoxy) is 1. The standard InChI is InChI=1S/C10H18N4O/c1-8(7-15-3)14(2)10-6-12-5-9(4-11)13-10/h5-6,8H,4,7,11H2,1-3H3. The number of likely N-dealkylation sites (N-methyl/N-ethyl adjacent to an activating group) is 1. The Hall–Kier alpha value is -1.20. The summed E-state index contributed by atoms with van der Waals surface area (Å²) in [5.74, 6) is 0.822. The van der Waals surface area contributed by atoms with Crippen LogP contribution < -0.4 is 10.6 Å². The maximum absolute atomic E-state index is 5.51. The zero-order chi connectivity index (χ0) is 11.3. The molecule has 15 heavy (non-hydrogen) atoms. The summed E-state index contributed by atoms with van der Waals surface area (Å²) in [6.45, 7) is 3.14. The number of rotatable bonds is 5. The van der Waals surface area contributed by atoms with Crippen LogP contribution in [0.3, 0.4) is 0 Å². The molecule has 0 aliphatic heterocycles. The van der Waals surface area contributed by atoms with Gasteiger partial charge in [-0.3, -0.25) is 4.98 Å². The minimum absolute atomic E-state index is 0.261. The highest BCUT2D eigenvalue weighted by Crippen LogP contribution is 2.10. The van der Waals surface area contributed by atoms with Crippen molar-refractivity contribution < 1.29 is 4.74 Å². The van der Waals surface area contributed by atoms with Crippen LogP contribution in [0.25, 0.3) is 0 Å². The molecule has 0 fully saturated rings. The molecule has 5 heteroatoms. The molecule has 2 N–H and O–H groups in total. The number of hydrogen-bond donors (Lipinski definition) is 1. The van der Waals surface area contributed by atoms with E-state index in [-0.39, 0.29) is 6.04 Å². The number of methoxy groups -OCH3 is 1. The van der Waals surface area contributed by atoms with Gasteiger partial charge in [0.05, 0.1) is 24.5 Å². The molecule has 0 bridgehead atoms. The van der Waals surface area contributed by atoms with E-state index in [0.29, 0.717) is 13.2 Å². The van der Waals surface area contributed by atoms with Gasteiger partial charge in [0, 0.05) is 26.9 Å². The van der Waals surface area contributed by atoms with E-state index in [0.717, 1.165) is 11.5 Å². The van der Waals surface area contributed by atoms with Crippen LogP contribution in [0.5, 0.6) is 0 Å². The SMILES string of the molecule is COCC(C)N(C)c1cncc(CN)n1. The monoisotopic (exact) mass is 210 g/mol. The lowest BCUT2D eigenvalue weighted by atomic mass is 10.3. The van der Waals surface area contributed by atoms with E-state index in [9.17, 15) is 0 Å². The summed E-state index contributed by atoms with van der Waals surface area (Å²) in [6, 6.07) is 0.261. The van der Waals surface area contributed by atoms with E-state index in [1.54, 1.807) is 19.5 Å². The number of anilines is 1. The Morgan fingerprint density at radius 2 is 2.27 bits per heavy atom. The van der Waals surface area contributed by atoms with Gasteiger partial charge in [-0.2, -0.15) is 0 Å². The zero-order valence-electron chi connectivity index (χ0n) is 9.47. The molecule has 1 unspecified atom stereocenters. The van der Waals surface area contributed by atoms with Crippen molar-refractivity contribution >= 4 is 5.82 Å². The second kappa shape index (κ2) is 5.63. The summed E-state index contributed by atoms with van der Waals surface area (Å²) in [5.41, 5.74) is 6.30. The van der Waals surface area contributed by atoms with E-state index in [1.807, 2.05) is 11.9 Å². The predicted octanol–water partition coefficient (Wildman–Crippen LogP) is 0.406. The molecular weight excluding hydrogens is 192 g/mol. The van der Waals surface area contributed by atoms with E-state index >= 15 is 0 Å². The van der Waals surface area contributed by atoms with Crippen molar-refractivity contribution in [3.63, 3.8) is 0 Å². The van der Waals surface area contributed by atoms with Crippen molar-refractivity contribution in [3.8, 4) is 0 Å². The Morgan fingerprint density at radius 3 is 2.87 bits per heavy atom. The molecule has 1 rings (SSSR count). The summed E-state index contributed by atoms with van der Waals surface area (Å²) in [7, 11) is 3.65. The molecule has 0 aliphatic rings. The molecule has 0 saturated heterocycles. The smallest absolute Gasteiger partial charge is 0.147 e. The first-order valence-electron chi connectivity index (χ1n) is 4.91. The lowest BCUT2D eigenvalue weighted by Crippen LogP contribution is -2.33. The average Bonchev–Trinajstić information content (AvgIpc) is 2.28. The van der Waals surface area contributed by atoms with Crippen LogP contribution >= 0.6 is 0 Å². The van der Waals surface area contributed by atoms with E-state index in [2.05, 4.69) is 16.9 Å². The minimum atomic E-state index is 0.261. The van der Waals surface area contributed by atoms with Crippen molar-refractivity contribution in [3.05, 3.63) is 18.1 Å². The fourth-order valence-corrected chi connectivity index (χ4v) is 1.24. The number of aromatic nitrogens is 2. The second-order valence-electron chi connectivity index (χ2n) is 3.49. The van der Waals surface area contributed by atoms with Crippen LogP contribution in [0.4, 0.5) is 5.82 Å². The van der Waals surface area contributed by atoms with Crippen LogP contribution in [0.15, 0.2) is 12.4 Å². The minimum Gasteiger partial charge on any atom is -0.383 e. The van der Waals surface area contributed by atoms with Crippen LogP contribution in [-0.4, -0.2) is 36.8 Å². The molecule has 5 nitrogen and oxygen atoms in total. The molecule has 0 spiro atoms. The molecule has 1 atom stereocenters. The Labute approximate surface area is 90.3 Å². The summed E-state index contributed by atoms with van der Waals surface area (Å²) in [4.78, 5) is 10.5. The topological polar surface area (TPSA) is 64.3 Å². The first-order chi connectivity index (χ1) is 7.19. The molecule has 0 saturated carbocycles. The molecule has 84 valence electrons. The third-order valence-corrected chi connectivity index (χ3v) is 2.31. The maximum Gasteiger partial charge on any atom is 0.147 e. The van der Waals surface area contributed by atoms with Crippen molar-refractivity contribution in [2.75, 3.05) is 25.7 Å². The van der Waals surface area contributed by atoms with Crippen molar-refractivity contribution in [1.29, 1.82) is 0 Å². The third kappa shape index (κ3) is 3.14. The van der Waals surface area contributed by atoms with Gasteiger partial charge in [0.15, 0.2) is 0 Å². The van der Waals surface area contributed by atoms with Crippen molar-refractivity contribution in [2.24, 2.45) is 5.73 Å². The zero-order valence-corrected chi connectivity index (χ0v) is 9.47. The first-order valence-corrected chi connectivity index (χ1v) is 4.91. The van der Waals surface area contributed by atoms with Gasteiger partial charge in [-0.1, -0.05) is 0 Å². The highest BCUT2D eigenvalue weighted by molar-refractivity contribution is 5.36. The van der Waals surface area contributed by atoms with Crippen molar-refractivity contribution in [1.82, 2.24) is 9.97 Å². The van der Waals surface area contributed by atoms with Crippen LogP contribution in [-0.2, 0) is 11.3 Å². The Morgan fingerprint density at radius 1 is 1.53 bits per heavy atom. The van der Waals surface area contributed by atoms with Crippen molar-refractivity contribution in [2.45, 2.75) is 19.5 Å². The largest absolute Gasteiger partial charge is 0.383 e. The fraction of sp³-hybridized carbons (Fsp3) is 0.600. The summed E-state index contributed by atoms with van der Waals surface area (Å²) < 4.78 is 5.09. The normalized spacial score (nSPS) is 12.5. The first kappa shape index (κ1) is 11.9. The van der Waals surface area contributed by atoms with Gasteiger partial charge in [0.2, 0.25) is 0 Å². The Balaban J connectivity index is 2.76. The lowest BCUT2D eigenvalue weighted by Gasteiger charge is -2.25. The van der Waals surface area contributed by atoms with Gasteiger partial charge in [0.25, 0.3) is 0 Å². The summed E-state index contributed by atoms with van der Waals surface area (Å²) in [5, 5.41) is 0. The molecule has 1 aromatic rings. The molecule has 0 radical (unpaired) electrons. The average molecular weight is 210 g/mol. The van der Waals surface area contributed by atoms with Gasteiger partial charge in [0.1, 0.15) is 5.82 Å². The second-order valence-corrected chi connectivity index (χ2v) is 3.49. The van der Waals surface area contributed by atoms with Crippen LogP contribution in [0, 0.1) is 0 Å². The number of hydrogen-bond acceptors (Lipinski definition) is 5. The molecule has 0 amide bonds. The summed E-state index contributed by atoms with van der Waals surface area (Å²) in [6.07, 6.45) is 3.41. The predicted molar refractivity (Wildman–Crippen MR) is 59.7 cm³/mol. The van der Waals surface area contributed by atoms with E-state index < -0.39 is 0 Å². The lowest BCUT2D eigenvalue weighted by molar-refractivity contribution is 0.183. The van der Waals surface area contributed by atoms with Gasteiger partial charge >= 0.3 is 0 Å². The molecule has 1 heterocycles. The highest BCUT2D eigenvalue weighted by Gasteiger charge is 2.11. The van der Waals surface area contributed by atoms with Crippen LogP contribution in [0.2, 0.25) is 0 Å². The number of nitrogens with zero attached hydrogens (tertiary/aromatic N) is 3. The fourth-order valence-electron chi connectivity index (χ4n) is 1.24. The van der Waals surface area contributed by atoms with Gasteiger partial charge in [-0.25, -0.2) is 4.98 Å².